The van der Waals surface area contributed by atoms with E-state index in [1.807, 2.05) is 0 Å². The molecule has 0 aliphatic heterocycles. The van der Waals surface area contributed by atoms with Gasteiger partial charge >= 0.3 is 5.97 Å². The lowest BCUT2D eigenvalue weighted by Gasteiger charge is -2.58. The van der Waals surface area contributed by atoms with Gasteiger partial charge < -0.3 is 9.84 Å². The Labute approximate surface area is 169 Å². The van der Waals surface area contributed by atoms with Crippen LogP contribution < -0.4 is 0 Å². The van der Waals surface area contributed by atoms with Crippen molar-refractivity contribution in [3.63, 3.8) is 0 Å². The first-order chi connectivity index (χ1) is 13.3. The number of fused-ring (bicyclic) bond motifs is 5. The fourth-order valence-electron chi connectivity index (χ4n) is 7.05. The second kappa shape index (κ2) is 7.27. The van der Waals surface area contributed by atoms with Crippen LogP contribution in [0.15, 0.2) is 11.6 Å². The number of carbonyl (C=O) groups is 2. The standard InChI is InChI=1S/C24H36O4/c1-4-5-6-21(27)28-16-9-11-23(2)15(13-16)14-19(25)22-17-7-8-20(26)24(17,3)12-10-18(22)23/h14,16-19,22,25H,4-13H2,1-3H3/t16-,17-,18-,19?,22-,23-,24-/m0/s1. The summed E-state index contributed by atoms with van der Waals surface area (Å²) in [5, 5.41) is 11.1. The normalized spacial score (nSPS) is 44.9. The average Bonchev–Trinajstić information content (AvgIpc) is 2.96. The van der Waals surface area contributed by atoms with Gasteiger partial charge in [0.15, 0.2) is 0 Å². The van der Waals surface area contributed by atoms with Gasteiger partial charge in [-0.05, 0) is 61.7 Å². The molecule has 0 aromatic rings. The van der Waals surface area contributed by atoms with E-state index in [-0.39, 0.29) is 28.8 Å². The van der Waals surface area contributed by atoms with Gasteiger partial charge in [-0.25, -0.2) is 0 Å². The minimum Gasteiger partial charge on any atom is -0.462 e. The zero-order valence-corrected chi connectivity index (χ0v) is 17.7. The minimum atomic E-state index is -0.474. The molecule has 0 bridgehead atoms. The smallest absolute Gasteiger partial charge is 0.306 e. The van der Waals surface area contributed by atoms with Crippen LogP contribution in [-0.4, -0.2) is 29.1 Å². The highest BCUT2D eigenvalue weighted by Crippen LogP contribution is 2.64. The Morgan fingerprint density at radius 3 is 2.64 bits per heavy atom. The number of rotatable bonds is 4. The molecule has 0 aromatic heterocycles. The van der Waals surface area contributed by atoms with E-state index in [1.165, 1.54) is 5.57 Å². The highest BCUT2D eigenvalue weighted by atomic mass is 16.5. The van der Waals surface area contributed by atoms with Gasteiger partial charge in [-0.2, -0.15) is 0 Å². The lowest BCUT2D eigenvalue weighted by molar-refractivity contribution is -0.152. The summed E-state index contributed by atoms with van der Waals surface area (Å²) < 4.78 is 5.75. The van der Waals surface area contributed by atoms with E-state index in [2.05, 4.69) is 26.8 Å². The SMILES string of the molecule is CCCCC(=O)O[C@H]1CC[C@@]2(C)C(=CC(O)[C@@H]3[C@@H]2CC[C@]2(C)C(=O)CC[C@@H]32)C1. The number of hydrogen-bond donors (Lipinski definition) is 1. The summed E-state index contributed by atoms with van der Waals surface area (Å²) in [4.78, 5) is 24.6. The largest absolute Gasteiger partial charge is 0.462 e. The lowest BCUT2D eigenvalue weighted by Crippen LogP contribution is -2.54. The van der Waals surface area contributed by atoms with Gasteiger partial charge in [-0.1, -0.05) is 38.8 Å². The molecule has 3 saturated carbocycles. The van der Waals surface area contributed by atoms with Gasteiger partial charge in [0.1, 0.15) is 11.9 Å². The molecule has 0 amide bonds. The van der Waals surface area contributed by atoms with Crippen molar-refractivity contribution in [1.82, 2.24) is 0 Å². The van der Waals surface area contributed by atoms with Crippen LogP contribution in [0, 0.1) is 28.6 Å². The van der Waals surface area contributed by atoms with E-state index in [4.69, 9.17) is 4.74 Å². The highest BCUT2D eigenvalue weighted by molar-refractivity contribution is 5.87. The zero-order valence-electron chi connectivity index (χ0n) is 17.7. The number of hydrogen-bond acceptors (Lipinski definition) is 4. The molecule has 1 unspecified atom stereocenters. The summed E-state index contributed by atoms with van der Waals surface area (Å²) in [6.07, 6.45) is 10.2. The maximum Gasteiger partial charge on any atom is 0.306 e. The van der Waals surface area contributed by atoms with Crippen LogP contribution >= 0.6 is 0 Å². The number of esters is 1. The van der Waals surface area contributed by atoms with Gasteiger partial charge in [0.05, 0.1) is 6.10 Å². The summed E-state index contributed by atoms with van der Waals surface area (Å²) >= 11 is 0. The summed E-state index contributed by atoms with van der Waals surface area (Å²) in [5.41, 5.74) is 1.13. The first-order valence-electron chi connectivity index (χ1n) is 11.4. The molecule has 156 valence electrons. The fraction of sp³-hybridized carbons (Fsp3) is 0.833. The third-order valence-electron chi connectivity index (χ3n) is 8.83. The number of aliphatic hydroxyl groups excluding tert-OH is 1. The van der Waals surface area contributed by atoms with Crippen molar-refractivity contribution in [1.29, 1.82) is 0 Å². The second-order valence-electron chi connectivity index (χ2n) is 10.3. The third-order valence-corrected chi connectivity index (χ3v) is 8.83. The summed E-state index contributed by atoms with van der Waals surface area (Å²) in [6, 6.07) is 0. The Bertz CT molecular complexity index is 682. The Morgan fingerprint density at radius 2 is 1.89 bits per heavy atom. The molecule has 4 aliphatic carbocycles. The Morgan fingerprint density at radius 1 is 1.18 bits per heavy atom. The Kier molecular flexibility index (Phi) is 5.22. The van der Waals surface area contributed by atoms with Crippen LogP contribution in [0.4, 0.5) is 0 Å². The van der Waals surface area contributed by atoms with E-state index in [9.17, 15) is 14.7 Å². The van der Waals surface area contributed by atoms with Gasteiger partial charge in [0.2, 0.25) is 0 Å². The molecular weight excluding hydrogens is 352 g/mol. The van der Waals surface area contributed by atoms with Crippen LogP contribution in [0.5, 0.6) is 0 Å². The van der Waals surface area contributed by atoms with E-state index in [0.717, 1.165) is 51.4 Å². The molecule has 7 atom stereocenters. The number of carbonyl (C=O) groups excluding carboxylic acids is 2. The topological polar surface area (TPSA) is 63.6 Å². The van der Waals surface area contributed by atoms with Gasteiger partial charge in [-0.15, -0.1) is 0 Å². The van der Waals surface area contributed by atoms with Gasteiger partial charge in [0, 0.05) is 24.7 Å². The number of ether oxygens (including phenoxy) is 1. The number of unbranched alkanes of at least 4 members (excludes halogenated alkanes) is 1. The van der Waals surface area contributed by atoms with E-state index >= 15 is 0 Å². The lowest BCUT2D eigenvalue weighted by atomic mass is 9.47. The highest BCUT2D eigenvalue weighted by Gasteiger charge is 2.60. The van der Waals surface area contributed by atoms with Crippen molar-refractivity contribution in [3.8, 4) is 0 Å². The van der Waals surface area contributed by atoms with E-state index in [0.29, 0.717) is 30.5 Å². The molecule has 0 heterocycles. The van der Waals surface area contributed by atoms with Crippen LogP contribution in [0.2, 0.25) is 0 Å². The molecule has 4 heteroatoms. The maximum atomic E-state index is 12.5. The van der Waals surface area contributed by atoms with Crippen LogP contribution in [0.3, 0.4) is 0 Å². The number of ketones is 1. The van der Waals surface area contributed by atoms with Crippen molar-refractivity contribution < 1.29 is 19.4 Å². The van der Waals surface area contributed by atoms with Crippen molar-refractivity contribution in [2.45, 2.75) is 97.2 Å². The maximum absolute atomic E-state index is 12.5. The third kappa shape index (κ3) is 3.07. The van der Waals surface area contributed by atoms with Crippen molar-refractivity contribution in [2.24, 2.45) is 28.6 Å². The molecule has 0 saturated heterocycles. The number of Topliss-reactive ketones (excluding diaryl/α,β-unsaturated/α-hetero) is 1. The molecule has 0 radical (unpaired) electrons. The molecule has 4 rings (SSSR count). The van der Waals surface area contributed by atoms with Crippen molar-refractivity contribution >= 4 is 11.8 Å². The molecule has 28 heavy (non-hydrogen) atoms. The average molecular weight is 389 g/mol. The Balaban J connectivity index is 1.53. The predicted octanol–water partition coefficient (Wildman–Crippen LogP) is 4.59. The first-order valence-corrected chi connectivity index (χ1v) is 11.4. The quantitative estimate of drug-likeness (QED) is 0.565. The first kappa shape index (κ1) is 20.1. The summed E-state index contributed by atoms with van der Waals surface area (Å²) in [6.45, 7) is 6.58. The molecule has 1 N–H and O–H groups in total. The molecular formula is C24H36O4. The summed E-state index contributed by atoms with van der Waals surface area (Å²) in [7, 11) is 0. The zero-order chi connectivity index (χ0) is 20.1. The second-order valence-corrected chi connectivity index (χ2v) is 10.3. The van der Waals surface area contributed by atoms with Crippen LogP contribution in [0.1, 0.15) is 85.0 Å². The van der Waals surface area contributed by atoms with E-state index in [1.54, 1.807) is 0 Å². The fourth-order valence-corrected chi connectivity index (χ4v) is 7.05. The molecule has 0 spiro atoms. The van der Waals surface area contributed by atoms with Crippen LogP contribution in [0.25, 0.3) is 0 Å². The molecule has 4 nitrogen and oxygen atoms in total. The van der Waals surface area contributed by atoms with Gasteiger partial charge in [0.25, 0.3) is 0 Å². The summed E-state index contributed by atoms with van der Waals surface area (Å²) in [5.74, 6) is 1.27. The van der Waals surface area contributed by atoms with Gasteiger partial charge in [-0.3, -0.25) is 9.59 Å². The van der Waals surface area contributed by atoms with E-state index < -0.39 is 6.10 Å². The predicted molar refractivity (Wildman–Crippen MR) is 108 cm³/mol. The molecule has 3 fully saturated rings. The van der Waals surface area contributed by atoms with Crippen molar-refractivity contribution in [3.05, 3.63) is 11.6 Å². The number of aliphatic hydroxyl groups is 1. The van der Waals surface area contributed by atoms with Crippen molar-refractivity contribution in [2.75, 3.05) is 0 Å². The van der Waals surface area contributed by atoms with Crippen LogP contribution in [-0.2, 0) is 14.3 Å². The molecule has 0 aromatic carbocycles. The minimum absolute atomic E-state index is 0.0469. The Hall–Kier alpha value is -1.16. The monoisotopic (exact) mass is 388 g/mol. The molecule has 4 aliphatic rings.